The molecule has 0 fully saturated rings. The Bertz CT molecular complexity index is 727. The SMILES string of the molecule is Cc1ccc2c(c1)C(=O)C(=Cc1ccc(N(C)C)cc1)O2. The van der Waals surface area contributed by atoms with Gasteiger partial charge >= 0.3 is 0 Å². The highest BCUT2D eigenvalue weighted by Gasteiger charge is 2.26. The fraction of sp³-hybridized carbons (Fsp3) is 0.167. The van der Waals surface area contributed by atoms with Crippen molar-refractivity contribution in [2.75, 3.05) is 19.0 Å². The molecule has 0 amide bonds. The van der Waals surface area contributed by atoms with Crippen LogP contribution in [0.2, 0.25) is 0 Å². The number of fused-ring (bicyclic) bond motifs is 1. The van der Waals surface area contributed by atoms with Crippen molar-refractivity contribution in [2.45, 2.75) is 6.92 Å². The minimum absolute atomic E-state index is 0.0506. The van der Waals surface area contributed by atoms with Gasteiger partial charge in [-0.2, -0.15) is 0 Å². The molecule has 1 aliphatic heterocycles. The molecule has 0 atom stereocenters. The number of hydrogen-bond donors (Lipinski definition) is 0. The molecule has 2 aromatic carbocycles. The van der Waals surface area contributed by atoms with Crippen LogP contribution in [-0.4, -0.2) is 19.9 Å². The predicted molar refractivity (Wildman–Crippen MR) is 84.9 cm³/mol. The Balaban J connectivity index is 1.90. The lowest BCUT2D eigenvalue weighted by Crippen LogP contribution is -2.08. The lowest BCUT2D eigenvalue weighted by molar-refractivity contribution is 0.101. The lowest BCUT2D eigenvalue weighted by Gasteiger charge is -2.11. The van der Waals surface area contributed by atoms with Gasteiger partial charge in [-0.25, -0.2) is 0 Å². The maximum absolute atomic E-state index is 12.3. The molecule has 3 nitrogen and oxygen atoms in total. The standard InChI is InChI=1S/C18H17NO2/c1-12-4-9-16-15(10-12)18(20)17(21-16)11-13-5-7-14(8-6-13)19(2)3/h4-11H,1-3H3. The summed E-state index contributed by atoms with van der Waals surface area (Å²) in [7, 11) is 3.99. The number of Topliss-reactive ketones (excluding diaryl/α,β-unsaturated/α-hetero) is 1. The molecule has 0 bridgehead atoms. The predicted octanol–water partition coefficient (Wildman–Crippen LogP) is 3.68. The first-order valence-corrected chi connectivity index (χ1v) is 6.87. The molecule has 3 heteroatoms. The number of carbonyl (C=O) groups excluding carboxylic acids is 1. The molecular formula is C18H17NO2. The summed E-state index contributed by atoms with van der Waals surface area (Å²) in [5.41, 5.74) is 3.77. The van der Waals surface area contributed by atoms with E-state index in [9.17, 15) is 4.79 Å². The summed E-state index contributed by atoms with van der Waals surface area (Å²) in [5.74, 6) is 0.973. The van der Waals surface area contributed by atoms with Gasteiger partial charge in [0, 0.05) is 19.8 Å². The molecular weight excluding hydrogens is 262 g/mol. The maximum atomic E-state index is 12.3. The number of hydrogen-bond acceptors (Lipinski definition) is 3. The number of ketones is 1. The third-order valence-electron chi connectivity index (χ3n) is 3.53. The van der Waals surface area contributed by atoms with E-state index in [1.165, 1.54) is 0 Å². The van der Waals surface area contributed by atoms with Gasteiger partial charge in [0.1, 0.15) is 5.75 Å². The van der Waals surface area contributed by atoms with Crippen molar-refractivity contribution in [1.82, 2.24) is 0 Å². The summed E-state index contributed by atoms with van der Waals surface area (Å²) in [5, 5.41) is 0. The molecule has 0 radical (unpaired) electrons. The number of carbonyl (C=O) groups is 1. The number of aryl methyl sites for hydroxylation is 1. The first-order chi connectivity index (χ1) is 10.0. The van der Waals surface area contributed by atoms with Gasteiger partial charge in [0.25, 0.3) is 0 Å². The zero-order chi connectivity index (χ0) is 15.0. The zero-order valence-electron chi connectivity index (χ0n) is 12.4. The van der Waals surface area contributed by atoms with E-state index in [2.05, 4.69) is 0 Å². The Hall–Kier alpha value is -2.55. The highest BCUT2D eigenvalue weighted by molar-refractivity contribution is 6.14. The van der Waals surface area contributed by atoms with Gasteiger partial charge in [0.15, 0.2) is 5.76 Å². The number of allylic oxidation sites excluding steroid dienone is 1. The van der Waals surface area contributed by atoms with Crippen LogP contribution in [0.5, 0.6) is 5.75 Å². The van der Waals surface area contributed by atoms with E-state index in [-0.39, 0.29) is 5.78 Å². The Labute approximate surface area is 124 Å². The van der Waals surface area contributed by atoms with E-state index >= 15 is 0 Å². The molecule has 106 valence electrons. The average Bonchev–Trinajstić information content (AvgIpc) is 2.76. The van der Waals surface area contributed by atoms with E-state index in [4.69, 9.17) is 4.74 Å². The molecule has 0 spiro atoms. The lowest BCUT2D eigenvalue weighted by atomic mass is 10.1. The summed E-state index contributed by atoms with van der Waals surface area (Å²) < 4.78 is 5.66. The average molecular weight is 279 g/mol. The van der Waals surface area contributed by atoms with Gasteiger partial charge < -0.3 is 9.64 Å². The van der Waals surface area contributed by atoms with E-state index in [1.807, 2.05) is 68.4 Å². The first kappa shape index (κ1) is 13.4. The maximum Gasteiger partial charge on any atom is 0.231 e. The largest absolute Gasteiger partial charge is 0.452 e. The summed E-state index contributed by atoms with van der Waals surface area (Å²) in [6.07, 6.45) is 1.79. The van der Waals surface area contributed by atoms with Crippen molar-refractivity contribution >= 4 is 17.5 Å². The quantitative estimate of drug-likeness (QED) is 0.785. The fourth-order valence-corrected chi connectivity index (χ4v) is 2.32. The molecule has 0 saturated heterocycles. The number of ether oxygens (including phenoxy) is 1. The second-order valence-corrected chi connectivity index (χ2v) is 5.43. The van der Waals surface area contributed by atoms with Crippen molar-refractivity contribution < 1.29 is 9.53 Å². The molecule has 3 rings (SSSR count). The highest BCUT2D eigenvalue weighted by Crippen LogP contribution is 2.32. The van der Waals surface area contributed by atoms with Gasteiger partial charge in [0.05, 0.1) is 5.56 Å². The number of benzene rings is 2. The van der Waals surface area contributed by atoms with Crippen LogP contribution in [0.1, 0.15) is 21.5 Å². The number of nitrogens with zero attached hydrogens (tertiary/aromatic N) is 1. The van der Waals surface area contributed by atoms with Gasteiger partial charge in [0.2, 0.25) is 5.78 Å². The molecule has 0 aliphatic carbocycles. The summed E-state index contributed by atoms with van der Waals surface area (Å²) in [4.78, 5) is 14.4. The Morgan fingerprint density at radius 1 is 1.05 bits per heavy atom. The third-order valence-corrected chi connectivity index (χ3v) is 3.53. The van der Waals surface area contributed by atoms with Crippen molar-refractivity contribution in [2.24, 2.45) is 0 Å². The molecule has 1 heterocycles. The van der Waals surface area contributed by atoms with Crippen LogP contribution < -0.4 is 9.64 Å². The van der Waals surface area contributed by atoms with Crippen LogP contribution in [0.3, 0.4) is 0 Å². The van der Waals surface area contributed by atoms with Gasteiger partial charge in [-0.15, -0.1) is 0 Å². The molecule has 0 N–H and O–H groups in total. The summed E-state index contributed by atoms with van der Waals surface area (Å²) >= 11 is 0. The molecule has 0 unspecified atom stereocenters. The van der Waals surface area contributed by atoms with E-state index < -0.39 is 0 Å². The van der Waals surface area contributed by atoms with Crippen LogP contribution in [0.4, 0.5) is 5.69 Å². The van der Waals surface area contributed by atoms with Crippen molar-refractivity contribution in [3.63, 3.8) is 0 Å². The van der Waals surface area contributed by atoms with Crippen molar-refractivity contribution in [3.8, 4) is 5.75 Å². The normalized spacial score (nSPS) is 15.0. The van der Waals surface area contributed by atoms with E-state index in [0.717, 1.165) is 16.8 Å². The third kappa shape index (κ3) is 2.55. The second-order valence-electron chi connectivity index (χ2n) is 5.43. The topological polar surface area (TPSA) is 29.5 Å². The minimum Gasteiger partial charge on any atom is -0.452 e. The van der Waals surface area contributed by atoms with Crippen molar-refractivity contribution in [1.29, 1.82) is 0 Å². The summed E-state index contributed by atoms with van der Waals surface area (Å²) in [6, 6.07) is 13.7. The molecule has 2 aromatic rings. The van der Waals surface area contributed by atoms with Crippen LogP contribution >= 0.6 is 0 Å². The Kier molecular flexibility index (Phi) is 3.26. The monoisotopic (exact) mass is 279 g/mol. The van der Waals surface area contributed by atoms with Crippen LogP contribution in [0.15, 0.2) is 48.2 Å². The van der Waals surface area contributed by atoms with Crippen LogP contribution in [0, 0.1) is 6.92 Å². The first-order valence-electron chi connectivity index (χ1n) is 6.87. The smallest absolute Gasteiger partial charge is 0.231 e. The van der Waals surface area contributed by atoms with E-state index in [1.54, 1.807) is 6.08 Å². The van der Waals surface area contributed by atoms with Crippen molar-refractivity contribution in [3.05, 3.63) is 64.9 Å². The minimum atomic E-state index is -0.0506. The van der Waals surface area contributed by atoms with Gasteiger partial charge in [-0.1, -0.05) is 23.8 Å². The number of anilines is 1. The Morgan fingerprint density at radius 3 is 2.43 bits per heavy atom. The molecule has 21 heavy (non-hydrogen) atoms. The number of rotatable bonds is 2. The van der Waals surface area contributed by atoms with Gasteiger partial charge in [-0.05, 0) is 42.8 Å². The van der Waals surface area contributed by atoms with Gasteiger partial charge in [-0.3, -0.25) is 4.79 Å². The molecule has 0 aromatic heterocycles. The Morgan fingerprint density at radius 2 is 1.76 bits per heavy atom. The molecule has 1 aliphatic rings. The van der Waals surface area contributed by atoms with Crippen LogP contribution in [-0.2, 0) is 0 Å². The fourth-order valence-electron chi connectivity index (χ4n) is 2.32. The van der Waals surface area contributed by atoms with Crippen LogP contribution in [0.25, 0.3) is 6.08 Å². The second kappa shape index (κ2) is 5.09. The highest BCUT2D eigenvalue weighted by atomic mass is 16.5. The summed E-state index contributed by atoms with van der Waals surface area (Å²) in [6.45, 7) is 1.97. The zero-order valence-corrected chi connectivity index (χ0v) is 12.4. The van der Waals surface area contributed by atoms with E-state index in [0.29, 0.717) is 17.1 Å². The molecule has 0 saturated carbocycles.